The summed E-state index contributed by atoms with van der Waals surface area (Å²) in [4.78, 5) is 0. The second-order valence-electron chi connectivity index (χ2n) is 9.37. The van der Waals surface area contributed by atoms with E-state index in [0.29, 0.717) is 0 Å². The van der Waals surface area contributed by atoms with Crippen LogP contribution in [0.1, 0.15) is 102 Å². The first kappa shape index (κ1) is 26.0. The van der Waals surface area contributed by atoms with Gasteiger partial charge in [-0.15, -0.1) is 0 Å². The van der Waals surface area contributed by atoms with Gasteiger partial charge in [0.05, 0.1) is 26.7 Å². The van der Waals surface area contributed by atoms with Gasteiger partial charge in [-0.1, -0.05) is 121 Å². The van der Waals surface area contributed by atoms with Crippen molar-refractivity contribution in [3.63, 3.8) is 0 Å². The normalized spacial score (nSPS) is 13.3. The largest absolute Gasteiger partial charge is 0.323 e. The van der Waals surface area contributed by atoms with Crippen molar-refractivity contribution in [2.75, 3.05) is 26.7 Å². The fourth-order valence-electron chi connectivity index (χ4n) is 4.34. The summed E-state index contributed by atoms with van der Waals surface area (Å²) >= 11 is 0. The maximum absolute atomic E-state index is 4.00. The van der Waals surface area contributed by atoms with E-state index in [0.717, 1.165) is 11.0 Å². The molecular formula is C28H50N+. The lowest BCUT2D eigenvalue weighted by Gasteiger charge is -2.34. The van der Waals surface area contributed by atoms with Crippen LogP contribution in [-0.4, -0.2) is 31.2 Å². The molecule has 0 amide bonds. The van der Waals surface area contributed by atoms with Crippen molar-refractivity contribution >= 4 is 0 Å². The molecule has 29 heavy (non-hydrogen) atoms. The summed E-state index contributed by atoms with van der Waals surface area (Å²) in [5.41, 5.74) is 1.46. The van der Waals surface area contributed by atoms with Crippen molar-refractivity contribution in [1.29, 1.82) is 0 Å². The lowest BCUT2D eigenvalue weighted by Crippen LogP contribution is -2.46. The average Bonchev–Trinajstić information content (AvgIpc) is 2.73. The van der Waals surface area contributed by atoms with E-state index in [-0.39, 0.29) is 0 Å². The van der Waals surface area contributed by atoms with Gasteiger partial charge in [0.1, 0.15) is 0 Å². The molecule has 1 nitrogen and oxygen atoms in total. The van der Waals surface area contributed by atoms with Crippen LogP contribution in [0.5, 0.6) is 0 Å². The van der Waals surface area contributed by atoms with E-state index in [2.05, 4.69) is 57.0 Å². The second kappa shape index (κ2) is 17.8. The lowest BCUT2D eigenvalue weighted by molar-refractivity contribution is -0.904. The van der Waals surface area contributed by atoms with Gasteiger partial charge in [0.25, 0.3) is 0 Å². The van der Waals surface area contributed by atoms with Crippen molar-refractivity contribution in [2.45, 2.75) is 103 Å². The smallest absolute Gasteiger partial charge is 0.0969 e. The van der Waals surface area contributed by atoms with Crippen LogP contribution in [-0.2, 0) is 6.42 Å². The first-order valence-corrected chi connectivity index (χ1v) is 12.7. The van der Waals surface area contributed by atoms with Crippen molar-refractivity contribution < 1.29 is 4.48 Å². The Morgan fingerprint density at radius 3 is 1.66 bits per heavy atom. The number of likely N-dealkylation sites (N-methyl/N-ethyl adjacent to an activating group) is 1. The van der Waals surface area contributed by atoms with Gasteiger partial charge in [-0.05, 0) is 24.5 Å². The van der Waals surface area contributed by atoms with Crippen LogP contribution >= 0.6 is 0 Å². The van der Waals surface area contributed by atoms with E-state index in [1.165, 1.54) is 115 Å². The summed E-state index contributed by atoms with van der Waals surface area (Å²) in [6, 6.07) is 10.9. The van der Waals surface area contributed by atoms with Gasteiger partial charge >= 0.3 is 0 Å². The summed E-state index contributed by atoms with van der Waals surface area (Å²) < 4.78 is 1.14. The van der Waals surface area contributed by atoms with E-state index >= 15 is 0 Å². The minimum atomic E-state index is 1.09. The zero-order valence-corrected chi connectivity index (χ0v) is 19.8. The highest BCUT2D eigenvalue weighted by molar-refractivity contribution is 5.14. The van der Waals surface area contributed by atoms with Gasteiger partial charge < -0.3 is 4.48 Å². The fourth-order valence-corrected chi connectivity index (χ4v) is 4.34. The van der Waals surface area contributed by atoms with Gasteiger partial charge in [0.15, 0.2) is 0 Å². The molecule has 0 aliphatic rings. The molecule has 0 spiro atoms. The molecule has 166 valence electrons. The Morgan fingerprint density at radius 2 is 1.17 bits per heavy atom. The molecule has 0 aliphatic carbocycles. The van der Waals surface area contributed by atoms with E-state index in [1.54, 1.807) is 0 Å². The van der Waals surface area contributed by atoms with Crippen molar-refractivity contribution in [3.8, 4) is 0 Å². The third kappa shape index (κ3) is 14.5. The molecule has 0 radical (unpaired) electrons. The average molecular weight is 401 g/mol. The third-order valence-electron chi connectivity index (χ3n) is 6.40. The summed E-state index contributed by atoms with van der Waals surface area (Å²) in [5.74, 6) is 0. The molecule has 1 rings (SSSR count). The summed E-state index contributed by atoms with van der Waals surface area (Å²) in [6.45, 7) is 9.89. The van der Waals surface area contributed by atoms with Crippen LogP contribution in [0, 0.1) is 0 Å². The Hall–Kier alpha value is -1.08. The standard InChI is InChI=1S/C28H50N/c1-4-6-7-8-9-10-11-12-13-14-15-16-17-21-26-29(3,25-5-2)27-24-28-22-19-18-20-23-28/h5,18-20,22-23H,2,4,6-17,21,24-27H2,1,3H3/q+1. The van der Waals surface area contributed by atoms with Gasteiger partial charge in [-0.2, -0.15) is 0 Å². The predicted molar refractivity (Wildman–Crippen MR) is 131 cm³/mol. The number of hydrogen-bond donors (Lipinski definition) is 0. The molecule has 0 heterocycles. The monoisotopic (exact) mass is 400 g/mol. The number of quaternary nitrogens is 1. The Morgan fingerprint density at radius 1 is 0.690 bits per heavy atom. The van der Waals surface area contributed by atoms with Gasteiger partial charge in [0, 0.05) is 6.42 Å². The van der Waals surface area contributed by atoms with Gasteiger partial charge in [-0.3, -0.25) is 0 Å². The molecule has 0 fully saturated rings. The summed E-state index contributed by atoms with van der Waals surface area (Å²) in [6.07, 6.45) is 23.3. The van der Waals surface area contributed by atoms with Crippen LogP contribution < -0.4 is 0 Å². The molecule has 0 aromatic heterocycles. The van der Waals surface area contributed by atoms with E-state index in [4.69, 9.17) is 0 Å². The Bertz CT molecular complexity index is 480. The number of nitrogens with zero attached hydrogens (tertiary/aromatic N) is 1. The highest BCUT2D eigenvalue weighted by Gasteiger charge is 2.19. The maximum Gasteiger partial charge on any atom is 0.0969 e. The Kier molecular flexibility index (Phi) is 15.9. The molecule has 0 saturated carbocycles. The van der Waals surface area contributed by atoms with Crippen molar-refractivity contribution in [1.82, 2.24) is 0 Å². The first-order valence-electron chi connectivity index (χ1n) is 12.7. The van der Waals surface area contributed by atoms with E-state index < -0.39 is 0 Å². The zero-order valence-electron chi connectivity index (χ0n) is 19.8. The molecule has 1 atom stereocenters. The molecule has 1 unspecified atom stereocenters. The van der Waals surface area contributed by atoms with Crippen LogP contribution in [0.15, 0.2) is 43.0 Å². The molecule has 1 aromatic carbocycles. The SMILES string of the molecule is C=CC[N+](C)(CCCCCCCCCCCCCCCC)CCc1ccccc1. The first-order chi connectivity index (χ1) is 14.2. The molecule has 1 heteroatoms. The molecule has 0 bridgehead atoms. The minimum absolute atomic E-state index is 1.09. The molecule has 0 N–H and O–H groups in total. The fraction of sp³-hybridized carbons (Fsp3) is 0.714. The van der Waals surface area contributed by atoms with Gasteiger partial charge in [-0.25, -0.2) is 0 Å². The summed E-state index contributed by atoms with van der Waals surface area (Å²) in [7, 11) is 2.41. The second-order valence-corrected chi connectivity index (χ2v) is 9.37. The van der Waals surface area contributed by atoms with Crippen molar-refractivity contribution in [2.24, 2.45) is 0 Å². The molecule has 0 aliphatic heterocycles. The summed E-state index contributed by atoms with van der Waals surface area (Å²) in [5, 5.41) is 0. The Balaban J connectivity index is 2.00. The van der Waals surface area contributed by atoms with Crippen LogP contribution in [0.3, 0.4) is 0 Å². The minimum Gasteiger partial charge on any atom is -0.323 e. The van der Waals surface area contributed by atoms with Crippen molar-refractivity contribution in [3.05, 3.63) is 48.6 Å². The molecular weight excluding hydrogens is 350 g/mol. The number of unbranched alkanes of at least 4 members (excludes halogenated alkanes) is 13. The predicted octanol–water partition coefficient (Wildman–Crippen LogP) is 8.34. The molecule has 0 saturated heterocycles. The van der Waals surface area contributed by atoms with Crippen LogP contribution in [0.2, 0.25) is 0 Å². The highest BCUT2D eigenvalue weighted by atomic mass is 15.3. The maximum atomic E-state index is 4.00. The number of rotatable bonds is 20. The zero-order chi connectivity index (χ0) is 21.0. The quantitative estimate of drug-likeness (QED) is 0.117. The number of hydrogen-bond acceptors (Lipinski definition) is 0. The van der Waals surface area contributed by atoms with Crippen LogP contribution in [0.25, 0.3) is 0 Å². The number of benzene rings is 1. The lowest BCUT2D eigenvalue weighted by atomic mass is 10.0. The topological polar surface area (TPSA) is 0 Å². The molecule has 1 aromatic rings. The third-order valence-corrected chi connectivity index (χ3v) is 6.40. The van der Waals surface area contributed by atoms with E-state index in [9.17, 15) is 0 Å². The highest BCUT2D eigenvalue weighted by Crippen LogP contribution is 2.15. The van der Waals surface area contributed by atoms with E-state index in [1.807, 2.05) is 0 Å². The van der Waals surface area contributed by atoms with Crippen LogP contribution in [0.4, 0.5) is 0 Å². The van der Waals surface area contributed by atoms with Gasteiger partial charge in [0.2, 0.25) is 0 Å². The Labute approximate surface area is 183 Å².